The lowest BCUT2D eigenvalue weighted by molar-refractivity contribution is -0.118. The molecule has 2 heteroatoms. The van der Waals surface area contributed by atoms with Crippen LogP contribution in [0.2, 0.25) is 0 Å². The fraction of sp³-hybridized carbons (Fsp3) is 0.733. The van der Waals surface area contributed by atoms with E-state index in [2.05, 4.69) is 6.92 Å². The summed E-state index contributed by atoms with van der Waals surface area (Å²) in [6, 6.07) is 0. The molecule has 94 valence electrons. The van der Waals surface area contributed by atoms with E-state index in [0.29, 0.717) is 18.6 Å². The minimum atomic E-state index is 0.179. The topological polar surface area (TPSA) is 34.1 Å². The zero-order valence-corrected chi connectivity index (χ0v) is 11.4. The molecule has 0 heterocycles. The Labute approximate surface area is 103 Å². The lowest BCUT2D eigenvalue weighted by Crippen LogP contribution is -2.26. The molecule has 2 aliphatic rings. The summed E-state index contributed by atoms with van der Waals surface area (Å²) in [7, 11) is 0. The molecule has 2 saturated carbocycles. The summed E-state index contributed by atoms with van der Waals surface area (Å²) in [6.45, 7) is 7.92. The van der Waals surface area contributed by atoms with Crippen LogP contribution in [0.25, 0.3) is 0 Å². The maximum atomic E-state index is 12.0. The number of carbonyl (C=O) groups is 2. The molecule has 0 aromatic carbocycles. The molecule has 2 rings (SSSR count). The highest BCUT2D eigenvalue weighted by atomic mass is 16.1. The van der Waals surface area contributed by atoms with Gasteiger partial charge in [0.2, 0.25) is 0 Å². The Kier molecular flexibility index (Phi) is 2.80. The van der Waals surface area contributed by atoms with Gasteiger partial charge in [-0.3, -0.25) is 4.79 Å². The second-order valence-electron chi connectivity index (χ2n) is 6.48. The largest absolute Gasteiger partial charge is 0.300 e. The molecular formula is C15H22O2. The Morgan fingerprint density at radius 1 is 1.24 bits per heavy atom. The number of fused-ring (bicyclic) bond motifs is 1. The van der Waals surface area contributed by atoms with Crippen molar-refractivity contribution in [1.82, 2.24) is 0 Å². The van der Waals surface area contributed by atoms with E-state index in [-0.39, 0.29) is 16.6 Å². The zero-order valence-electron chi connectivity index (χ0n) is 11.4. The molecule has 0 bridgehead atoms. The van der Waals surface area contributed by atoms with Gasteiger partial charge in [-0.05, 0) is 56.4 Å². The molecule has 2 aliphatic carbocycles. The Balaban J connectivity index is 2.18. The van der Waals surface area contributed by atoms with Gasteiger partial charge in [0.1, 0.15) is 5.78 Å². The molecule has 0 aromatic heterocycles. The van der Waals surface area contributed by atoms with Crippen molar-refractivity contribution in [3.63, 3.8) is 0 Å². The SMILES string of the molecule is CC(=O)CC[C@]12CC(=C(C)C)C(=O)C[C@@]1(C)C2. The average Bonchev–Trinajstić information content (AvgIpc) is 2.78. The van der Waals surface area contributed by atoms with Crippen LogP contribution in [0.5, 0.6) is 0 Å². The van der Waals surface area contributed by atoms with Crippen molar-refractivity contribution in [2.75, 3.05) is 0 Å². The second kappa shape index (κ2) is 3.79. The van der Waals surface area contributed by atoms with Crippen LogP contribution in [0, 0.1) is 10.8 Å². The van der Waals surface area contributed by atoms with E-state index in [0.717, 1.165) is 30.4 Å². The summed E-state index contributed by atoms with van der Waals surface area (Å²) in [5, 5.41) is 0. The van der Waals surface area contributed by atoms with Gasteiger partial charge in [-0.2, -0.15) is 0 Å². The summed E-state index contributed by atoms with van der Waals surface area (Å²) >= 11 is 0. The molecule has 0 radical (unpaired) electrons. The standard InChI is InChI=1S/C15H22O2/c1-10(2)12-7-15(6-5-11(3)16)9-14(15,4)8-13(12)17/h5-9H2,1-4H3/t14-,15+/m0/s1. The maximum Gasteiger partial charge on any atom is 0.159 e. The Bertz CT molecular complexity index is 415. The summed E-state index contributed by atoms with van der Waals surface area (Å²) in [6.07, 6.45) is 4.34. The van der Waals surface area contributed by atoms with Gasteiger partial charge in [0, 0.05) is 12.8 Å². The van der Waals surface area contributed by atoms with E-state index in [9.17, 15) is 9.59 Å². The number of hydrogen-bond acceptors (Lipinski definition) is 2. The molecule has 2 fully saturated rings. The number of carbonyl (C=O) groups excluding carboxylic acids is 2. The van der Waals surface area contributed by atoms with Crippen molar-refractivity contribution in [3.05, 3.63) is 11.1 Å². The van der Waals surface area contributed by atoms with Gasteiger partial charge in [0.15, 0.2) is 5.78 Å². The van der Waals surface area contributed by atoms with Crippen LogP contribution in [0.3, 0.4) is 0 Å². The van der Waals surface area contributed by atoms with Gasteiger partial charge < -0.3 is 4.79 Å². The Hall–Kier alpha value is -0.920. The summed E-state index contributed by atoms with van der Waals surface area (Å²) in [5.74, 6) is 0.604. The molecular weight excluding hydrogens is 212 g/mol. The Morgan fingerprint density at radius 2 is 1.88 bits per heavy atom. The first-order valence-corrected chi connectivity index (χ1v) is 6.49. The van der Waals surface area contributed by atoms with E-state index in [1.807, 2.05) is 13.8 Å². The molecule has 0 amide bonds. The van der Waals surface area contributed by atoms with Gasteiger partial charge in [-0.1, -0.05) is 12.5 Å². The predicted octanol–water partition coefficient (Wildman–Crippen LogP) is 3.45. The van der Waals surface area contributed by atoms with Gasteiger partial charge >= 0.3 is 0 Å². The fourth-order valence-corrected chi connectivity index (χ4v) is 3.48. The van der Waals surface area contributed by atoms with Crippen molar-refractivity contribution in [1.29, 1.82) is 0 Å². The maximum absolute atomic E-state index is 12.0. The first kappa shape index (κ1) is 12.5. The van der Waals surface area contributed by atoms with Crippen molar-refractivity contribution in [2.45, 2.75) is 59.8 Å². The zero-order chi connectivity index (χ0) is 12.8. The molecule has 0 aliphatic heterocycles. The number of Topliss-reactive ketones (excluding diaryl/α,β-unsaturated/α-hetero) is 2. The van der Waals surface area contributed by atoms with Crippen LogP contribution in [0.15, 0.2) is 11.1 Å². The van der Waals surface area contributed by atoms with Crippen LogP contribution >= 0.6 is 0 Å². The molecule has 0 spiro atoms. The molecule has 0 unspecified atom stereocenters. The third-order valence-electron chi connectivity index (χ3n) is 4.85. The van der Waals surface area contributed by atoms with Crippen molar-refractivity contribution in [3.8, 4) is 0 Å². The van der Waals surface area contributed by atoms with Crippen LogP contribution in [-0.4, -0.2) is 11.6 Å². The number of ketones is 2. The lowest BCUT2D eigenvalue weighted by Gasteiger charge is -2.29. The first-order chi connectivity index (χ1) is 7.80. The van der Waals surface area contributed by atoms with Crippen LogP contribution in [-0.2, 0) is 9.59 Å². The first-order valence-electron chi connectivity index (χ1n) is 6.49. The van der Waals surface area contributed by atoms with Crippen molar-refractivity contribution < 1.29 is 9.59 Å². The van der Waals surface area contributed by atoms with Crippen molar-refractivity contribution in [2.24, 2.45) is 10.8 Å². The van der Waals surface area contributed by atoms with E-state index in [1.165, 1.54) is 0 Å². The molecule has 0 saturated heterocycles. The molecule has 2 nitrogen and oxygen atoms in total. The fourth-order valence-electron chi connectivity index (χ4n) is 3.48. The lowest BCUT2D eigenvalue weighted by atomic mass is 9.74. The number of rotatable bonds is 3. The average molecular weight is 234 g/mol. The van der Waals surface area contributed by atoms with Crippen LogP contribution in [0.1, 0.15) is 59.8 Å². The van der Waals surface area contributed by atoms with E-state index in [1.54, 1.807) is 6.92 Å². The van der Waals surface area contributed by atoms with Crippen LogP contribution in [0.4, 0.5) is 0 Å². The smallest absolute Gasteiger partial charge is 0.159 e. The summed E-state index contributed by atoms with van der Waals surface area (Å²) in [4.78, 5) is 23.2. The number of allylic oxidation sites excluding steroid dienone is 2. The van der Waals surface area contributed by atoms with Crippen molar-refractivity contribution >= 4 is 11.6 Å². The molecule has 17 heavy (non-hydrogen) atoms. The normalized spacial score (nSPS) is 35.5. The summed E-state index contributed by atoms with van der Waals surface area (Å²) in [5.41, 5.74) is 2.62. The highest BCUT2D eigenvalue weighted by Crippen LogP contribution is 2.73. The van der Waals surface area contributed by atoms with E-state index >= 15 is 0 Å². The molecule has 0 N–H and O–H groups in total. The molecule has 0 aromatic rings. The van der Waals surface area contributed by atoms with Gasteiger partial charge in [0.05, 0.1) is 0 Å². The van der Waals surface area contributed by atoms with Gasteiger partial charge in [0.25, 0.3) is 0 Å². The van der Waals surface area contributed by atoms with Gasteiger partial charge in [-0.15, -0.1) is 0 Å². The second-order valence-corrected chi connectivity index (χ2v) is 6.48. The number of hydrogen-bond donors (Lipinski definition) is 0. The highest BCUT2D eigenvalue weighted by molar-refractivity contribution is 5.98. The van der Waals surface area contributed by atoms with Crippen LogP contribution < -0.4 is 0 Å². The van der Waals surface area contributed by atoms with E-state index < -0.39 is 0 Å². The quantitative estimate of drug-likeness (QED) is 0.701. The third-order valence-corrected chi connectivity index (χ3v) is 4.85. The minimum absolute atomic E-state index is 0.179. The van der Waals surface area contributed by atoms with Gasteiger partial charge in [-0.25, -0.2) is 0 Å². The third kappa shape index (κ3) is 1.98. The van der Waals surface area contributed by atoms with E-state index in [4.69, 9.17) is 0 Å². The highest BCUT2D eigenvalue weighted by Gasteiger charge is 2.66. The summed E-state index contributed by atoms with van der Waals surface area (Å²) < 4.78 is 0. The predicted molar refractivity (Wildman–Crippen MR) is 67.7 cm³/mol. The monoisotopic (exact) mass is 234 g/mol. The minimum Gasteiger partial charge on any atom is -0.300 e. The molecule has 2 atom stereocenters. The Morgan fingerprint density at radius 3 is 2.41 bits per heavy atom.